The van der Waals surface area contributed by atoms with Gasteiger partial charge in [-0.3, -0.25) is 9.59 Å². The zero-order chi connectivity index (χ0) is 14.4. The first-order valence-electron chi connectivity index (χ1n) is 6.10. The molecule has 0 saturated carbocycles. The van der Waals surface area contributed by atoms with Gasteiger partial charge in [-0.25, -0.2) is 4.79 Å². The van der Waals surface area contributed by atoms with Gasteiger partial charge in [0.25, 0.3) is 0 Å². The standard InChI is InChI=1S/C12H19NO4S2/c1-8(14)19-7-9-5-11(15)13(6-9)10(12(16)17)3-4-18-2/h9-10H,3-7H2,1-2H3,(H,16,17)/t9?,10-/m0/s1. The highest BCUT2D eigenvalue weighted by Gasteiger charge is 2.37. The fourth-order valence-corrected chi connectivity index (χ4v) is 3.25. The minimum Gasteiger partial charge on any atom is -0.480 e. The normalized spacial score (nSPS) is 20.6. The molecule has 1 heterocycles. The molecule has 0 aromatic rings. The number of nitrogens with zero attached hydrogens (tertiary/aromatic N) is 1. The number of carbonyl (C=O) groups is 3. The molecule has 0 aromatic heterocycles. The van der Waals surface area contributed by atoms with Crippen LogP contribution in [0.25, 0.3) is 0 Å². The van der Waals surface area contributed by atoms with Crippen LogP contribution < -0.4 is 0 Å². The Labute approximate surface area is 121 Å². The first kappa shape index (κ1) is 16.4. The van der Waals surface area contributed by atoms with Gasteiger partial charge >= 0.3 is 5.97 Å². The summed E-state index contributed by atoms with van der Waals surface area (Å²) in [5, 5.41) is 9.25. The highest BCUT2D eigenvalue weighted by atomic mass is 32.2. The number of amides is 1. The minimum absolute atomic E-state index is 0.0306. The maximum Gasteiger partial charge on any atom is 0.326 e. The summed E-state index contributed by atoms with van der Waals surface area (Å²) in [7, 11) is 0. The smallest absolute Gasteiger partial charge is 0.326 e. The fraction of sp³-hybridized carbons (Fsp3) is 0.750. The average Bonchev–Trinajstić information content (AvgIpc) is 2.68. The molecule has 1 aliphatic rings. The van der Waals surface area contributed by atoms with Crippen LogP contribution in [0, 0.1) is 5.92 Å². The lowest BCUT2D eigenvalue weighted by atomic mass is 10.1. The highest BCUT2D eigenvalue weighted by Crippen LogP contribution is 2.25. The van der Waals surface area contributed by atoms with E-state index in [1.54, 1.807) is 11.8 Å². The first-order chi connectivity index (χ1) is 8.95. The molecule has 1 N–H and O–H groups in total. The van der Waals surface area contributed by atoms with Crippen LogP contribution in [-0.2, 0) is 14.4 Å². The van der Waals surface area contributed by atoms with E-state index in [2.05, 4.69) is 0 Å². The fourth-order valence-electron chi connectivity index (χ4n) is 2.10. The third-order valence-corrected chi connectivity index (χ3v) is 4.71. The Hall–Kier alpha value is -0.690. The zero-order valence-electron chi connectivity index (χ0n) is 11.1. The number of aliphatic carboxylic acids is 1. The largest absolute Gasteiger partial charge is 0.480 e. The van der Waals surface area contributed by atoms with Gasteiger partial charge in [-0.15, -0.1) is 0 Å². The maximum absolute atomic E-state index is 11.9. The van der Waals surface area contributed by atoms with Crippen molar-refractivity contribution >= 4 is 40.5 Å². The molecule has 1 saturated heterocycles. The lowest BCUT2D eigenvalue weighted by Gasteiger charge is -2.24. The summed E-state index contributed by atoms with van der Waals surface area (Å²) in [5.41, 5.74) is 0. The first-order valence-corrected chi connectivity index (χ1v) is 8.48. The second kappa shape index (κ2) is 7.79. The molecule has 108 valence electrons. The molecule has 0 aromatic carbocycles. The average molecular weight is 305 g/mol. The van der Waals surface area contributed by atoms with Gasteiger partial charge in [0, 0.05) is 25.6 Å². The molecule has 0 spiro atoms. The summed E-state index contributed by atoms with van der Waals surface area (Å²) >= 11 is 2.77. The van der Waals surface area contributed by atoms with Crippen molar-refractivity contribution in [2.45, 2.75) is 25.8 Å². The van der Waals surface area contributed by atoms with Crippen molar-refractivity contribution in [3.05, 3.63) is 0 Å². The third-order valence-electron chi connectivity index (χ3n) is 3.02. The molecule has 5 nitrogen and oxygen atoms in total. The van der Waals surface area contributed by atoms with E-state index in [1.165, 1.54) is 23.6 Å². The monoisotopic (exact) mass is 305 g/mol. The van der Waals surface area contributed by atoms with Crippen LogP contribution in [-0.4, -0.2) is 57.3 Å². The van der Waals surface area contributed by atoms with E-state index >= 15 is 0 Å². The second-order valence-corrected chi connectivity index (χ2v) is 6.74. The van der Waals surface area contributed by atoms with Crippen LogP contribution >= 0.6 is 23.5 Å². The van der Waals surface area contributed by atoms with E-state index < -0.39 is 12.0 Å². The van der Waals surface area contributed by atoms with Gasteiger partial charge in [0.2, 0.25) is 5.91 Å². The highest BCUT2D eigenvalue weighted by molar-refractivity contribution is 8.13. The van der Waals surface area contributed by atoms with E-state index in [1.807, 2.05) is 6.26 Å². The molecule has 7 heteroatoms. The number of carboxylic acid groups (broad SMARTS) is 1. The Morgan fingerprint density at radius 2 is 2.21 bits per heavy atom. The number of carboxylic acids is 1. The van der Waals surface area contributed by atoms with Crippen LogP contribution in [0.5, 0.6) is 0 Å². The van der Waals surface area contributed by atoms with E-state index in [0.717, 1.165) is 0 Å². The third kappa shape index (κ3) is 5.06. The van der Waals surface area contributed by atoms with Gasteiger partial charge < -0.3 is 10.0 Å². The Morgan fingerprint density at radius 3 is 2.74 bits per heavy atom. The quantitative estimate of drug-likeness (QED) is 0.764. The van der Waals surface area contributed by atoms with Crippen molar-refractivity contribution in [3.63, 3.8) is 0 Å². The van der Waals surface area contributed by atoms with Crippen LogP contribution in [0.2, 0.25) is 0 Å². The molecule has 1 amide bonds. The van der Waals surface area contributed by atoms with Crippen molar-refractivity contribution in [2.75, 3.05) is 24.3 Å². The molecule has 1 fully saturated rings. The van der Waals surface area contributed by atoms with Gasteiger partial charge in [-0.2, -0.15) is 11.8 Å². The molecular weight excluding hydrogens is 286 g/mol. The maximum atomic E-state index is 11.9. The van der Waals surface area contributed by atoms with E-state index in [0.29, 0.717) is 30.9 Å². The van der Waals surface area contributed by atoms with Gasteiger partial charge in [0.1, 0.15) is 6.04 Å². The number of hydrogen-bond donors (Lipinski definition) is 1. The molecule has 2 atom stereocenters. The van der Waals surface area contributed by atoms with Crippen molar-refractivity contribution in [2.24, 2.45) is 5.92 Å². The van der Waals surface area contributed by atoms with Gasteiger partial charge in [-0.05, 0) is 24.3 Å². The molecule has 0 bridgehead atoms. The number of thioether (sulfide) groups is 2. The summed E-state index contributed by atoms with van der Waals surface area (Å²) in [6, 6.07) is -0.729. The number of likely N-dealkylation sites (tertiary alicyclic amines) is 1. The lowest BCUT2D eigenvalue weighted by molar-refractivity contribution is -0.148. The summed E-state index contributed by atoms with van der Waals surface area (Å²) in [6.07, 6.45) is 2.73. The summed E-state index contributed by atoms with van der Waals surface area (Å²) < 4.78 is 0. The number of hydrogen-bond acceptors (Lipinski definition) is 5. The van der Waals surface area contributed by atoms with Gasteiger partial charge in [0.05, 0.1) is 0 Å². The van der Waals surface area contributed by atoms with Crippen LogP contribution in [0.1, 0.15) is 19.8 Å². The van der Waals surface area contributed by atoms with Crippen LogP contribution in [0.3, 0.4) is 0 Å². The van der Waals surface area contributed by atoms with Crippen LogP contribution in [0.15, 0.2) is 0 Å². The predicted molar refractivity (Wildman–Crippen MR) is 77.4 cm³/mol. The van der Waals surface area contributed by atoms with Gasteiger partial charge in [0.15, 0.2) is 5.12 Å². The molecule has 19 heavy (non-hydrogen) atoms. The number of carbonyl (C=O) groups excluding carboxylic acids is 2. The molecule has 1 rings (SSSR count). The van der Waals surface area contributed by atoms with Crippen molar-refractivity contribution < 1.29 is 19.5 Å². The Kier molecular flexibility index (Phi) is 6.71. The molecule has 1 aliphatic heterocycles. The van der Waals surface area contributed by atoms with E-state index in [4.69, 9.17) is 0 Å². The van der Waals surface area contributed by atoms with E-state index in [-0.39, 0.29) is 16.9 Å². The van der Waals surface area contributed by atoms with Gasteiger partial charge in [-0.1, -0.05) is 11.8 Å². The van der Waals surface area contributed by atoms with Crippen molar-refractivity contribution in [1.29, 1.82) is 0 Å². The molecule has 0 aliphatic carbocycles. The second-order valence-electron chi connectivity index (χ2n) is 4.55. The van der Waals surface area contributed by atoms with Crippen molar-refractivity contribution in [1.82, 2.24) is 4.90 Å². The van der Waals surface area contributed by atoms with E-state index in [9.17, 15) is 19.5 Å². The summed E-state index contributed by atoms with van der Waals surface area (Å²) in [4.78, 5) is 35.5. The summed E-state index contributed by atoms with van der Waals surface area (Å²) in [6.45, 7) is 1.95. The SMILES string of the molecule is CSCC[C@@H](C(=O)O)N1CC(CSC(C)=O)CC1=O. The molecule has 1 unspecified atom stereocenters. The lowest BCUT2D eigenvalue weighted by Crippen LogP contribution is -2.42. The van der Waals surface area contributed by atoms with Crippen molar-refractivity contribution in [3.8, 4) is 0 Å². The Bertz CT molecular complexity index is 362. The Morgan fingerprint density at radius 1 is 1.53 bits per heavy atom. The minimum atomic E-state index is -0.942. The molecular formula is C12H19NO4S2. The van der Waals surface area contributed by atoms with Crippen LogP contribution in [0.4, 0.5) is 0 Å². The topological polar surface area (TPSA) is 74.7 Å². The Balaban J connectivity index is 2.58. The predicted octanol–water partition coefficient (Wildman–Crippen LogP) is 1.32. The zero-order valence-corrected chi connectivity index (χ0v) is 12.8. The summed E-state index contributed by atoms with van der Waals surface area (Å²) in [5.74, 6) is 0.336. The number of rotatable bonds is 7. The molecule has 0 radical (unpaired) electrons.